The molecule has 0 radical (unpaired) electrons. The molecule has 3 aromatic rings. The Morgan fingerprint density at radius 1 is 1.00 bits per heavy atom. The lowest BCUT2D eigenvalue weighted by Crippen LogP contribution is -2.10. The number of hydrogen-bond acceptors (Lipinski definition) is 6. The number of hydrogen-bond donors (Lipinski definition) is 0. The lowest BCUT2D eigenvalue weighted by Gasteiger charge is -2.10. The number of benzene rings is 2. The summed E-state index contributed by atoms with van der Waals surface area (Å²) < 4.78 is 16.0. The number of ketones is 1. The second kappa shape index (κ2) is 9.39. The molecule has 0 saturated carbocycles. The lowest BCUT2D eigenvalue weighted by molar-refractivity contribution is -0.144. The smallest absolute Gasteiger partial charge is 0.336 e. The Bertz CT molecular complexity index is 1120. The van der Waals surface area contributed by atoms with Crippen molar-refractivity contribution in [3.05, 3.63) is 75.1 Å². The summed E-state index contributed by atoms with van der Waals surface area (Å²) in [4.78, 5) is 36.3. The molecule has 0 saturated heterocycles. The van der Waals surface area contributed by atoms with Crippen molar-refractivity contribution in [1.82, 2.24) is 0 Å². The predicted octanol–water partition coefficient (Wildman–Crippen LogP) is 4.51. The maximum atomic E-state index is 12.3. The molecule has 1 heterocycles. The Morgan fingerprint density at radius 2 is 1.73 bits per heavy atom. The van der Waals surface area contributed by atoms with E-state index in [1.54, 1.807) is 24.3 Å². The first-order valence-electron chi connectivity index (χ1n) is 9.83. The molecular weight excluding hydrogens is 384 g/mol. The highest BCUT2D eigenvalue weighted by Crippen LogP contribution is 2.24. The van der Waals surface area contributed by atoms with E-state index in [9.17, 15) is 14.4 Å². The summed E-state index contributed by atoms with van der Waals surface area (Å²) in [6.07, 6.45) is 0.00630. The van der Waals surface area contributed by atoms with Crippen molar-refractivity contribution in [1.29, 1.82) is 0 Å². The number of esters is 1. The SMILES string of the molecule is CCOc1ccc(C(=O)CCC(=O)OCc2cc(=O)oc3c(C)c(C)ccc23)cc1. The van der Waals surface area contributed by atoms with Crippen molar-refractivity contribution in [2.75, 3.05) is 6.61 Å². The minimum absolute atomic E-state index is 0.0381. The van der Waals surface area contributed by atoms with Crippen LogP contribution in [0.5, 0.6) is 5.75 Å². The van der Waals surface area contributed by atoms with Crippen LogP contribution in [0.2, 0.25) is 0 Å². The van der Waals surface area contributed by atoms with E-state index in [-0.39, 0.29) is 25.2 Å². The van der Waals surface area contributed by atoms with Crippen LogP contribution < -0.4 is 10.4 Å². The van der Waals surface area contributed by atoms with E-state index in [4.69, 9.17) is 13.9 Å². The van der Waals surface area contributed by atoms with Crippen LogP contribution >= 0.6 is 0 Å². The van der Waals surface area contributed by atoms with Gasteiger partial charge in [0.1, 0.15) is 17.9 Å². The molecule has 0 atom stereocenters. The van der Waals surface area contributed by atoms with Crippen LogP contribution in [0.4, 0.5) is 0 Å². The van der Waals surface area contributed by atoms with Gasteiger partial charge in [-0.05, 0) is 56.2 Å². The van der Waals surface area contributed by atoms with Crippen molar-refractivity contribution in [3.63, 3.8) is 0 Å². The van der Waals surface area contributed by atoms with Crippen LogP contribution in [-0.4, -0.2) is 18.4 Å². The van der Waals surface area contributed by atoms with E-state index in [1.165, 1.54) is 6.07 Å². The molecule has 30 heavy (non-hydrogen) atoms. The average molecular weight is 408 g/mol. The largest absolute Gasteiger partial charge is 0.494 e. The first kappa shape index (κ1) is 21.3. The first-order valence-corrected chi connectivity index (χ1v) is 9.83. The molecule has 3 rings (SSSR count). The molecule has 156 valence electrons. The van der Waals surface area contributed by atoms with Gasteiger partial charge in [-0.15, -0.1) is 0 Å². The Kier molecular flexibility index (Phi) is 6.67. The Labute approximate surface area is 174 Å². The van der Waals surface area contributed by atoms with Gasteiger partial charge in [-0.25, -0.2) is 4.79 Å². The molecular formula is C24H24O6. The molecule has 0 spiro atoms. The third-order valence-corrected chi connectivity index (χ3v) is 4.95. The minimum Gasteiger partial charge on any atom is -0.494 e. The normalized spacial score (nSPS) is 10.8. The molecule has 6 nitrogen and oxygen atoms in total. The standard InChI is InChI=1S/C24H24O6/c1-4-28-19-8-6-17(7-9-19)21(25)11-12-22(26)29-14-18-13-23(27)30-24-16(3)15(2)5-10-20(18)24/h5-10,13H,4,11-12,14H2,1-3H3. The zero-order valence-corrected chi connectivity index (χ0v) is 17.3. The van der Waals surface area contributed by atoms with E-state index >= 15 is 0 Å². The Hall–Kier alpha value is -3.41. The molecule has 6 heteroatoms. The summed E-state index contributed by atoms with van der Waals surface area (Å²) >= 11 is 0. The quantitative estimate of drug-likeness (QED) is 0.310. The molecule has 1 aromatic heterocycles. The van der Waals surface area contributed by atoms with Crippen LogP contribution in [0, 0.1) is 13.8 Å². The van der Waals surface area contributed by atoms with Gasteiger partial charge in [0, 0.05) is 29.0 Å². The highest BCUT2D eigenvalue weighted by molar-refractivity contribution is 5.97. The topological polar surface area (TPSA) is 82.8 Å². The number of Topliss-reactive ketones (excluding diaryl/α,β-unsaturated/α-hetero) is 1. The maximum Gasteiger partial charge on any atom is 0.336 e. The van der Waals surface area contributed by atoms with Crippen LogP contribution in [0.1, 0.15) is 46.8 Å². The zero-order chi connectivity index (χ0) is 21.7. The summed E-state index contributed by atoms with van der Waals surface area (Å²) in [5, 5.41) is 0.732. The molecule has 0 amide bonds. The van der Waals surface area contributed by atoms with E-state index in [0.717, 1.165) is 16.5 Å². The summed E-state index contributed by atoms with van der Waals surface area (Å²) in [6.45, 7) is 6.20. The zero-order valence-electron chi connectivity index (χ0n) is 17.3. The fourth-order valence-electron chi connectivity index (χ4n) is 3.14. The fourth-order valence-corrected chi connectivity index (χ4v) is 3.14. The number of carbonyl (C=O) groups is 2. The third kappa shape index (κ3) is 4.95. The van der Waals surface area contributed by atoms with Gasteiger partial charge in [-0.2, -0.15) is 0 Å². The van der Waals surface area contributed by atoms with Gasteiger partial charge in [0.2, 0.25) is 0 Å². The monoisotopic (exact) mass is 408 g/mol. The number of aryl methyl sites for hydroxylation is 2. The molecule has 0 aliphatic carbocycles. The molecule has 0 aliphatic rings. The first-order chi connectivity index (χ1) is 14.4. The van der Waals surface area contributed by atoms with Gasteiger partial charge in [0.05, 0.1) is 13.0 Å². The van der Waals surface area contributed by atoms with Gasteiger partial charge in [-0.1, -0.05) is 12.1 Å². The molecule has 2 aromatic carbocycles. The highest BCUT2D eigenvalue weighted by Gasteiger charge is 2.13. The van der Waals surface area contributed by atoms with Gasteiger partial charge >= 0.3 is 11.6 Å². The summed E-state index contributed by atoms with van der Waals surface area (Å²) in [6, 6.07) is 11.9. The lowest BCUT2D eigenvalue weighted by atomic mass is 10.0. The minimum atomic E-state index is -0.500. The number of fused-ring (bicyclic) bond motifs is 1. The van der Waals surface area contributed by atoms with Crippen LogP contribution in [0.25, 0.3) is 11.0 Å². The van der Waals surface area contributed by atoms with E-state index in [0.29, 0.717) is 29.1 Å². The molecule has 0 N–H and O–H groups in total. The average Bonchev–Trinajstić information content (AvgIpc) is 2.74. The Morgan fingerprint density at radius 3 is 2.43 bits per heavy atom. The highest BCUT2D eigenvalue weighted by atomic mass is 16.5. The maximum absolute atomic E-state index is 12.3. The van der Waals surface area contributed by atoms with Gasteiger partial charge in [0.25, 0.3) is 0 Å². The number of carbonyl (C=O) groups excluding carboxylic acids is 2. The van der Waals surface area contributed by atoms with Gasteiger partial charge in [-0.3, -0.25) is 9.59 Å². The van der Waals surface area contributed by atoms with E-state index in [2.05, 4.69) is 0 Å². The molecule has 0 unspecified atom stereocenters. The van der Waals surface area contributed by atoms with E-state index < -0.39 is 11.6 Å². The van der Waals surface area contributed by atoms with Crippen molar-refractivity contribution in [2.45, 2.75) is 40.2 Å². The second-order valence-electron chi connectivity index (χ2n) is 7.02. The number of ether oxygens (including phenoxy) is 2. The summed E-state index contributed by atoms with van der Waals surface area (Å²) in [7, 11) is 0. The van der Waals surface area contributed by atoms with E-state index in [1.807, 2.05) is 32.9 Å². The molecule has 0 aliphatic heterocycles. The van der Waals surface area contributed by atoms with Crippen molar-refractivity contribution in [2.24, 2.45) is 0 Å². The van der Waals surface area contributed by atoms with Crippen molar-refractivity contribution < 1.29 is 23.5 Å². The second-order valence-corrected chi connectivity index (χ2v) is 7.02. The predicted molar refractivity (Wildman–Crippen MR) is 113 cm³/mol. The van der Waals surface area contributed by atoms with Gasteiger partial charge in [0.15, 0.2) is 5.78 Å². The fraction of sp³-hybridized carbons (Fsp3) is 0.292. The van der Waals surface area contributed by atoms with Crippen molar-refractivity contribution >= 4 is 22.7 Å². The van der Waals surface area contributed by atoms with Gasteiger partial charge < -0.3 is 13.9 Å². The Balaban J connectivity index is 1.60. The van der Waals surface area contributed by atoms with Crippen LogP contribution in [-0.2, 0) is 16.1 Å². The van der Waals surface area contributed by atoms with Crippen LogP contribution in [0.15, 0.2) is 51.7 Å². The molecule has 0 fully saturated rings. The number of rotatable bonds is 8. The molecule has 0 bridgehead atoms. The summed E-state index contributed by atoms with van der Waals surface area (Å²) in [5.74, 6) is 0.0462. The van der Waals surface area contributed by atoms with Crippen LogP contribution in [0.3, 0.4) is 0 Å². The van der Waals surface area contributed by atoms with Crippen molar-refractivity contribution in [3.8, 4) is 5.75 Å². The third-order valence-electron chi connectivity index (χ3n) is 4.95. The summed E-state index contributed by atoms with van der Waals surface area (Å²) in [5.41, 5.74) is 2.98.